The molecular formula is C14H22O2. The predicted octanol–water partition coefficient (Wildman–Crippen LogP) is 3.70. The molecule has 1 fully saturated rings. The van der Waals surface area contributed by atoms with E-state index >= 15 is 0 Å². The number of aliphatic hydroxyl groups is 1. The molecule has 1 heterocycles. The van der Waals surface area contributed by atoms with Gasteiger partial charge < -0.3 is 9.52 Å². The monoisotopic (exact) mass is 222 g/mol. The minimum atomic E-state index is -0.400. The van der Waals surface area contributed by atoms with Crippen LogP contribution >= 0.6 is 0 Å². The molecule has 0 aromatic carbocycles. The molecule has 1 N–H and O–H groups in total. The van der Waals surface area contributed by atoms with Crippen LogP contribution in [0, 0.1) is 11.8 Å². The van der Waals surface area contributed by atoms with Crippen molar-refractivity contribution in [2.45, 2.75) is 52.1 Å². The highest BCUT2D eigenvalue weighted by Crippen LogP contribution is 2.37. The Hall–Kier alpha value is -0.760. The smallest absolute Gasteiger partial charge is 0.132 e. The molecule has 3 unspecified atom stereocenters. The lowest BCUT2D eigenvalue weighted by molar-refractivity contribution is 0.0529. The summed E-state index contributed by atoms with van der Waals surface area (Å²) in [5.41, 5.74) is 0. The van der Waals surface area contributed by atoms with Gasteiger partial charge in [0, 0.05) is 6.42 Å². The zero-order valence-electron chi connectivity index (χ0n) is 10.3. The minimum Gasteiger partial charge on any atom is -0.463 e. The molecule has 0 radical (unpaired) electrons. The van der Waals surface area contributed by atoms with E-state index < -0.39 is 6.10 Å². The van der Waals surface area contributed by atoms with E-state index in [1.54, 1.807) is 0 Å². The first-order valence-corrected chi connectivity index (χ1v) is 6.47. The van der Waals surface area contributed by atoms with Crippen molar-refractivity contribution in [2.24, 2.45) is 11.8 Å². The molecule has 16 heavy (non-hydrogen) atoms. The summed E-state index contributed by atoms with van der Waals surface area (Å²) in [6, 6.07) is 3.91. The Kier molecular flexibility index (Phi) is 3.70. The van der Waals surface area contributed by atoms with E-state index in [1.807, 2.05) is 12.1 Å². The third-order valence-electron chi connectivity index (χ3n) is 3.75. The van der Waals surface area contributed by atoms with Crippen LogP contribution in [0.3, 0.4) is 0 Å². The van der Waals surface area contributed by atoms with Gasteiger partial charge in [-0.3, -0.25) is 0 Å². The SMILES string of the molecule is CCc1ccc(C(O)C2CCCC(C)C2)o1. The number of aryl methyl sites for hydroxylation is 1. The largest absolute Gasteiger partial charge is 0.463 e. The topological polar surface area (TPSA) is 33.4 Å². The van der Waals surface area contributed by atoms with E-state index in [-0.39, 0.29) is 0 Å². The maximum absolute atomic E-state index is 10.3. The molecule has 0 bridgehead atoms. The van der Waals surface area contributed by atoms with Crippen LogP contribution in [0.1, 0.15) is 57.2 Å². The average Bonchev–Trinajstić information content (AvgIpc) is 2.76. The van der Waals surface area contributed by atoms with E-state index in [4.69, 9.17) is 4.42 Å². The van der Waals surface area contributed by atoms with Gasteiger partial charge in [-0.1, -0.05) is 26.7 Å². The molecule has 1 saturated carbocycles. The number of hydrogen-bond donors (Lipinski definition) is 1. The maximum atomic E-state index is 10.3. The fraction of sp³-hybridized carbons (Fsp3) is 0.714. The molecule has 3 atom stereocenters. The fourth-order valence-electron chi connectivity index (χ4n) is 2.74. The Labute approximate surface area is 97.7 Å². The van der Waals surface area contributed by atoms with Crippen molar-refractivity contribution in [1.82, 2.24) is 0 Å². The second kappa shape index (κ2) is 5.05. The Bertz CT molecular complexity index is 329. The average molecular weight is 222 g/mol. The third kappa shape index (κ3) is 2.49. The highest BCUT2D eigenvalue weighted by atomic mass is 16.4. The second-order valence-corrected chi connectivity index (χ2v) is 5.13. The molecule has 2 heteroatoms. The van der Waals surface area contributed by atoms with Gasteiger partial charge in [0.1, 0.15) is 17.6 Å². The van der Waals surface area contributed by atoms with Crippen molar-refractivity contribution < 1.29 is 9.52 Å². The van der Waals surface area contributed by atoms with Crippen LogP contribution in [0.15, 0.2) is 16.5 Å². The first kappa shape index (κ1) is 11.7. The van der Waals surface area contributed by atoms with Gasteiger partial charge in [0.2, 0.25) is 0 Å². The van der Waals surface area contributed by atoms with Gasteiger partial charge in [-0.25, -0.2) is 0 Å². The second-order valence-electron chi connectivity index (χ2n) is 5.13. The van der Waals surface area contributed by atoms with Crippen LogP contribution in [0.25, 0.3) is 0 Å². The third-order valence-corrected chi connectivity index (χ3v) is 3.75. The Balaban J connectivity index is 2.02. The van der Waals surface area contributed by atoms with Gasteiger partial charge in [-0.05, 0) is 36.8 Å². The summed E-state index contributed by atoms with van der Waals surface area (Å²) >= 11 is 0. The van der Waals surface area contributed by atoms with Crippen LogP contribution in [-0.2, 0) is 6.42 Å². The number of rotatable bonds is 3. The van der Waals surface area contributed by atoms with E-state index in [0.717, 1.165) is 36.7 Å². The molecule has 1 aromatic rings. The Morgan fingerprint density at radius 2 is 2.25 bits per heavy atom. The van der Waals surface area contributed by atoms with Crippen LogP contribution in [0.2, 0.25) is 0 Å². The molecule has 90 valence electrons. The van der Waals surface area contributed by atoms with Crippen LogP contribution in [-0.4, -0.2) is 5.11 Å². The zero-order chi connectivity index (χ0) is 11.5. The summed E-state index contributed by atoms with van der Waals surface area (Å²) in [6.07, 6.45) is 5.31. The van der Waals surface area contributed by atoms with Crippen molar-refractivity contribution in [2.75, 3.05) is 0 Å². The number of hydrogen-bond acceptors (Lipinski definition) is 2. The molecule has 0 saturated heterocycles. The van der Waals surface area contributed by atoms with Gasteiger partial charge in [0.05, 0.1) is 0 Å². The minimum absolute atomic E-state index is 0.389. The first-order valence-electron chi connectivity index (χ1n) is 6.47. The quantitative estimate of drug-likeness (QED) is 0.846. The molecule has 2 nitrogen and oxygen atoms in total. The van der Waals surface area contributed by atoms with Gasteiger partial charge >= 0.3 is 0 Å². The number of furan rings is 1. The fourth-order valence-corrected chi connectivity index (χ4v) is 2.74. The summed E-state index contributed by atoms with van der Waals surface area (Å²) < 4.78 is 5.63. The van der Waals surface area contributed by atoms with E-state index in [2.05, 4.69) is 13.8 Å². The number of aliphatic hydroxyl groups excluding tert-OH is 1. The molecule has 1 aromatic heterocycles. The van der Waals surface area contributed by atoms with Gasteiger partial charge in [-0.15, -0.1) is 0 Å². The summed E-state index contributed by atoms with van der Waals surface area (Å²) in [6.45, 7) is 4.34. The standard InChI is InChI=1S/C14H22O2/c1-3-12-7-8-13(16-12)14(15)11-6-4-5-10(2)9-11/h7-8,10-11,14-15H,3-6,9H2,1-2H3. The summed E-state index contributed by atoms with van der Waals surface area (Å²) in [4.78, 5) is 0. The maximum Gasteiger partial charge on any atom is 0.132 e. The van der Waals surface area contributed by atoms with Crippen molar-refractivity contribution in [1.29, 1.82) is 0 Å². The first-order chi connectivity index (χ1) is 7.70. The Morgan fingerprint density at radius 3 is 2.88 bits per heavy atom. The molecule has 2 rings (SSSR count). The summed E-state index contributed by atoms with van der Waals surface area (Å²) in [7, 11) is 0. The summed E-state index contributed by atoms with van der Waals surface area (Å²) in [5.74, 6) is 2.86. The normalized spacial score (nSPS) is 27.9. The van der Waals surface area contributed by atoms with Crippen molar-refractivity contribution >= 4 is 0 Å². The zero-order valence-corrected chi connectivity index (χ0v) is 10.3. The molecule has 1 aliphatic rings. The molecule has 0 amide bonds. The van der Waals surface area contributed by atoms with E-state index in [1.165, 1.54) is 12.8 Å². The molecule has 1 aliphatic carbocycles. The lowest BCUT2D eigenvalue weighted by Crippen LogP contribution is -2.19. The van der Waals surface area contributed by atoms with Crippen LogP contribution in [0.4, 0.5) is 0 Å². The van der Waals surface area contributed by atoms with Crippen LogP contribution in [0.5, 0.6) is 0 Å². The van der Waals surface area contributed by atoms with E-state index in [9.17, 15) is 5.11 Å². The molecule has 0 aliphatic heterocycles. The van der Waals surface area contributed by atoms with Crippen LogP contribution < -0.4 is 0 Å². The molecular weight excluding hydrogens is 200 g/mol. The lowest BCUT2D eigenvalue weighted by Gasteiger charge is -2.29. The summed E-state index contributed by atoms with van der Waals surface area (Å²) in [5, 5.41) is 10.3. The highest BCUT2D eigenvalue weighted by Gasteiger charge is 2.28. The predicted molar refractivity (Wildman–Crippen MR) is 64.2 cm³/mol. The molecule has 0 spiro atoms. The van der Waals surface area contributed by atoms with Gasteiger partial charge in [0.15, 0.2) is 0 Å². The van der Waals surface area contributed by atoms with Crippen molar-refractivity contribution in [3.8, 4) is 0 Å². The van der Waals surface area contributed by atoms with Gasteiger partial charge in [0.25, 0.3) is 0 Å². The van der Waals surface area contributed by atoms with Crippen molar-refractivity contribution in [3.05, 3.63) is 23.7 Å². The van der Waals surface area contributed by atoms with Gasteiger partial charge in [-0.2, -0.15) is 0 Å². The highest BCUT2D eigenvalue weighted by molar-refractivity contribution is 5.10. The Morgan fingerprint density at radius 1 is 1.44 bits per heavy atom. The van der Waals surface area contributed by atoms with E-state index in [0.29, 0.717) is 5.92 Å². The van der Waals surface area contributed by atoms with Crippen molar-refractivity contribution in [3.63, 3.8) is 0 Å². The lowest BCUT2D eigenvalue weighted by atomic mass is 9.79.